The number of imidazole rings is 1. The Morgan fingerprint density at radius 1 is 1.03 bits per heavy atom. The van der Waals surface area contributed by atoms with E-state index in [1.165, 1.54) is 0 Å². The van der Waals surface area contributed by atoms with Crippen molar-refractivity contribution in [1.29, 1.82) is 0 Å². The Bertz CT molecular complexity index is 1170. The van der Waals surface area contributed by atoms with Crippen molar-refractivity contribution in [2.24, 2.45) is 0 Å². The van der Waals surface area contributed by atoms with Crippen LogP contribution in [0.25, 0.3) is 11.4 Å². The van der Waals surface area contributed by atoms with Gasteiger partial charge in [0.15, 0.2) is 0 Å². The Kier molecular flexibility index (Phi) is 5.98. The van der Waals surface area contributed by atoms with Gasteiger partial charge in [-0.3, -0.25) is 4.79 Å². The van der Waals surface area contributed by atoms with Crippen molar-refractivity contribution in [3.05, 3.63) is 95.8 Å². The van der Waals surface area contributed by atoms with Crippen LogP contribution in [-0.2, 0) is 6.61 Å². The molecule has 156 valence electrons. The van der Waals surface area contributed by atoms with E-state index in [1.807, 2.05) is 49.4 Å². The number of anilines is 1. The molecule has 0 aliphatic carbocycles. The molecule has 1 amide bonds. The maximum Gasteiger partial charge on any atom is 0.255 e. The Balaban J connectivity index is 1.41. The molecule has 2 N–H and O–H groups in total. The third-order valence-corrected chi connectivity index (χ3v) is 4.91. The molecule has 0 aliphatic heterocycles. The molecule has 0 aliphatic rings. The minimum Gasteiger partial charge on any atom is -0.497 e. The van der Waals surface area contributed by atoms with Crippen molar-refractivity contribution < 1.29 is 14.3 Å². The summed E-state index contributed by atoms with van der Waals surface area (Å²) in [6.45, 7) is 2.37. The number of aromatic amines is 1. The van der Waals surface area contributed by atoms with Gasteiger partial charge < -0.3 is 19.8 Å². The first-order valence-electron chi connectivity index (χ1n) is 9.90. The lowest BCUT2D eigenvalue weighted by Crippen LogP contribution is -2.12. The second-order valence-corrected chi connectivity index (χ2v) is 7.09. The highest BCUT2D eigenvalue weighted by Crippen LogP contribution is 2.24. The number of ether oxygens (including phenoxy) is 2. The maximum atomic E-state index is 12.7. The van der Waals surface area contributed by atoms with E-state index in [-0.39, 0.29) is 5.91 Å². The van der Waals surface area contributed by atoms with Crippen LogP contribution in [-0.4, -0.2) is 23.0 Å². The zero-order valence-electron chi connectivity index (χ0n) is 17.4. The molecule has 0 spiro atoms. The average molecular weight is 413 g/mol. The molecule has 3 aromatic carbocycles. The van der Waals surface area contributed by atoms with Crippen LogP contribution < -0.4 is 14.8 Å². The van der Waals surface area contributed by atoms with E-state index >= 15 is 0 Å². The molecule has 1 aromatic heterocycles. The molecule has 0 saturated heterocycles. The Hall–Kier alpha value is -4.06. The first-order chi connectivity index (χ1) is 15.1. The zero-order valence-corrected chi connectivity index (χ0v) is 17.4. The molecule has 0 bridgehead atoms. The summed E-state index contributed by atoms with van der Waals surface area (Å²) in [7, 11) is 1.64. The minimum absolute atomic E-state index is 0.181. The second kappa shape index (κ2) is 9.17. The third-order valence-electron chi connectivity index (χ3n) is 4.91. The highest BCUT2D eigenvalue weighted by molar-refractivity contribution is 6.05. The summed E-state index contributed by atoms with van der Waals surface area (Å²) in [5.41, 5.74) is 4.19. The molecule has 1 heterocycles. The van der Waals surface area contributed by atoms with E-state index in [0.29, 0.717) is 17.9 Å². The number of carbonyl (C=O) groups excluding carboxylic acids is 1. The number of amides is 1. The number of hydrogen-bond donors (Lipinski definition) is 2. The van der Waals surface area contributed by atoms with Gasteiger partial charge in [-0.2, -0.15) is 0 Å². The van der Waals surface area contributed by atoms with Gasteiger partial charge in [0.05, 0.1) is 7.11 Å². The van der Waals surface area contributed by atoms with Gasteiger partial charge in [0.2, 0.25) is 0 Å². The lowest BCUT2D eigenvalue weighted by molar-refractivity contribution is 0.102. The molecular weight excluding hydrogens is 390 g/mol. The summed E-state index contributed by atoms with van der Waals surface area (Å²) in [6.07, 6.45) is 3.47. The van der Waals surface area contributed by atoms with Crippen LogP contribution in [0.2, 0.25) is 0 Å². The van der Waals surface area contributed by atoms with Crippen molar-refractivity contribution in [3.63, 3.8) is 0 Å². The van der Waals surface area contributed by atoms with Crippen LogP contribution in [0.15, 0.2) is 79.1 Å². The predicted molar refractivity (Wildman–Crippen MR) is 120 cm³/mol. The normalized spacial score (nSPS) is 10.5. The van der Waals surface area contributed by atoms with Gasteiger partial charge >= 0.3 is 0 Å². The Morgan fingerprint density at radius 2 is 1.87 bits per heavy atom. The molecular formula is C25H23N3O3. The fourth-order valence-electron chi connectivity index (χ4n) is 3.15. The number of hydrogen-bond acceptors (Lipinski definition) is 4. The summed E-state index contributed by atoms with van der Waals surface area (Å²) in [4.78, 5) is 20.1. The highest BCUT2D eigenvalue weighted by atomic mass is 16.5. The zero-order chi connectivity index (χ0) is 21.6. The van der Waals surface area contributed by atoms with Crippen LogP contribution in [0.1, 0.15) is 21.5 Å². The first kappa shape index (κ1) is 20.2. The van der Waals surface area contributed by atoms with Gasteiger partial charge in [0, 0.05) is 29.2 Å². The molecule has 6 heteroatoms. The molecule has 0 atom stereocenters. The van der Waals surface area contributed by atoms with Gasteiger partial charge in [0.1, 0.15) is 23.9 Å². The smallest absolute Gasteiger partial charge is 0.255 e. The maximum absolute atomic E-state index is 12.7. The van der Waals surface area contributed by atoms with Crippen LogP contribution in [0.5, 0.6) is 11.5 Å². The monoisotopic (exact) mass is 413 g/mol. The second-order valence-electron chi connectivity index (χ2n) is 7.09. The summed E-state index contributed by atoms with van der Waals surface area (Å²) < 4.78 is 11.1. The molecule has 0 fully saturated rings. The number of nitrogens with one attached hydrogen (secondary N) is 2. The fraction of sp³-hybridized carbons (Fsp3) is 0.120. The standard InChI is InChI=1S/C25H23N3O3/c1-17-6-7-20(24-26-12-13-27-24)15-23(17)28-25(29)19-8-10-21(11-9-19)31-16-18-4-3-5-22(14-18)30-2/h3-15H,16H2,1-2H3,(H,26,27)(H,28,29). The van der Waals surface area contributed by atoms with Gasteiger partial charge in [-0.15, -0.1) is 0 Å². The number of benzene rings is 3. The number of rotatable bonds is 7. The number of carbonyl (C=O) groups is 1. The van der Waals surface area contributed by atoms with Crippen molar-refractivity contribution in [3.8, 4) is 22.9 Å². The average Bonchev–Trinajstić information content (AvgIpc) is 3.34. The van der Waals surface area contributed by atoms with Crippen molar-refractivity contribution in [2.45, 2.75) is 13.5 Å². The summed E-state index contributed by atoms with van der Waals surface area (Å²) in [5, 5.41) is 2.98. The molecule has 0 unspecified atom stereocenters. The third kappa shape index (κ3) is 4.93. The van der Waals surface area contributed by atoms with Crippen LogP contribution in [0.3, 0.4) is 0 Å². The quantitative estimate of drug-likeness (QED) is 0.435. The van der Waals surface area contributed by atoms with Crippen molar-refractivity contribution >= 4 is 11.6 Å². The van der Waals surface area contributed by atoms with E-state index in [4.69, 9.17) is 9.47 Å². The Morgan fingerprint density at radius 3 is 2.61 bits per heavy atom. The van der Waals surface area contributed by atoms with Crippen LogP contribution >= 0.6 is 0 Å². The SMILES string of the molecule is COc1cccc(COc2ccc(C(=O)Nc3cc(-c4ncc[nH]4)ccc3C)cc2)c1. The highest BCUT2D eigenvalue weighted by Gasteiger charge is 2.10. The Labute approximate surface area is 180 Å². The van der Waals surface area contributed by atoms with E-state index in [0.717, 1.165) is 34.0 Å². The fourth-order valence-corrected chi connectivity index (χ4v) is 3.15. The lowest BCUT2D eigenvalue weighted by atomic mass is 10.1. The number of nitrogens with zero attached hydrogens (tertiary/aromatic N) is 1. The predicted octanol–water partition coefficient (Wildman–Crippen LogP) is 5.23. The molecule has 4 aromatic rings. The van der Waals surface area contributed by atoms with Gasteiger partial charge in [-0.1, -0.05) is 24.3 Å². The molecule has 0 saturated carbocycles. The van der Waals surface area contributed by atoms with Crippen LogP contribution in [0, 0.1) is 6.92 Å². The summed E-state index contributed by atoms with van der Waals surface area (Å²) in [5.74, 6) is 2.06. The molecule has 6 nitrogen and oxygen atoms in total. The van der Waals surface area contributed by atoms with Crippen molar-refractivity contribution in [2.75, 3.05) is 12.4 Å². The molecule has 31 heavy (non-hydrogen) atoms. The topological polar surface area (TPSA) is 76.2 Å². The van der Waals surface area contributed by atoms with Gasteiger partial charge in [-0.25, -0.2) is 4.98 Å². The van der Waals surface area contributed by atoms with Gasteiger partial charge in [0.25, 0.3) is 5.91 Å². The molecule has 4 rings (SSSR count). The van der Waals surface area contributed by atoms with E-state index in [1.54, 1.807) is 43.8 Å². The largest absolute Gasteiger partial charge is 0.497 e. The van der Waals surface area contributed by atoms with Gasteiger partial charge in [-0.05, 0) is 60.5 Å². The minimum atomic E-state index is -0.181. The summed E-state index contributed by atoms with van der Waals surface area (Å²) in [6, 6.07) is 20.7. The van der Waals surface area contributed by atoms with E-state index in [2.05, 4.69) is 15.3 Å². The van der Waals surface area contributed by atoms with Crippen LogP contribution in [0.4, 0.5) is 5.69 Å². The number of aryl methyl sites for hydroxylation is 1. The van der Waals surface area contributed by atoms with E-state index in [9.17, 15) is 4.79 Å². The number of aromatic nitrogens is 2. The lowest BCUT2D eigenvalue weighted by Gasteiger charge is -2.11. The molecule has 0 radical (unpaired) electrons. The number of H-pyrrole nitrogens is 1. The van der Waals surface area contributed by atoms with E-state index < -0.39 is 0 Å². The van der Waals surface area contributed by atoms with Crippen molar-refractivity contribution in [1.82, 2.24) is 9.97 Å². The number of methoxy groups -OCH3 is 1. The summed E-state index contributed by atoms with van der Waals surface area (Å²) >= 11 is 0. The first-order valence-corrected chi connectivity index (χ1v) is 9.90.